The molecular weight excluding hydrogens is 254 g/mol. The lowest BCUT2D eigenvalue weighted by molar-refractivity contribution is -0.118. The highest BCUT2D eigenvalue weighted by molar-refractivity contribution is 5.96. The van der Waals surface area contributed by atoms with Crippen LogP contribution < -0.4 is 10.2 Å². The number of hydrogen-bond acceptors (Lipinski definition) is 4. The number of aromatic nitrogens is 3. The Bertz CT molecular complexity index is 581. The summed E-state index contributed by atoms with van der Waals surface area (Å²) in [6.07, 6.45) is 4.49. The largest absolute Gasteiger partial charge is 0.383 e. The van der Waals surface area contributed by atoms with Crippen molar-refractivity contribution >= 4 is 17.3 Å². The lowest BCUT2D eigenvalue weighted by Crippen LogP contribution is -2.32. The molecule has 0 aliphatic carbocycles. The Labute approximate surface area is 117 Å². The van der Waals surface area contributed by atoms with Gasteiger partial charge < -0.3 is 10.2 Å². The molecular formula is C14H17N5O. The molecule has 2 aromatic rings. The van der Waals surface area contributed by atoms with Crippen LogP contribution in [0.15, 0.2) is 36.9 Å². The number of nitrogens with zero attached hydrogens (tertiary/aromatic N) is 4. The summed E-state index contributed by atoms with van der Waals surface area (Å²) in [4.78, 5) is 18.2. The first kappa shape index (κ1) is 12.7. The number of aryl methyl sites for hydroxylation is 1. The van der Waals surface area contributed by atoms with E-state index in [1.54, 1.807) is 11.0 Å². The number of fused-ring (bicyclic) bond motifs is 1. The van der Waals surface area contributed by atoms with Crippen LogP contribution in [-0.2, 0) is 11.3 Å². The molecule has 0 atom stereocenters. The number of anilines is 2. The molecule has 3 rings (SSSR count). The Kier molecular flexibility index (Phi) is 3.62. The number of benzene rings is 1. The van der Waals surface area contributed by atoms with Crippen LogP contribution >= 0.6 is 0 Å². The summed E-state index contributed by atoms with van der Waals surface area (Å²) in [6.45, 7) is 2.20. The van der Waals surface area contributed by atoms with Gasteiger partial charge in [-0.1, -0.05) is 12.1 Å². The van der Waals surface area contributed by atoms with Crippen LogP contribution in [0, 0.1) is 0 Å². The van der Waals surface area contributed by atoms with Crippen LogP contribution in [0.2, 0.25) is 0 Å². The second-order valence-electron chi connectivity index (χ2n) is 4.75. The number of nitrogens with one attached hydrogen (secondary N) is 1. The number of para-hydroxylation sites is 2. The van der Waals surface area contributed by atoms with Gasteiger partial charge in [0.15, 0.2) is 0 Å². The van der Waals surface area contributed by atoms with Crippen LogP contribution in [-0.4, -0.2) is 33.8 Å². The Morgan fingerprint density at radius 1 is 1.35 bits per heavy atom. The van der Waals surface area contributed by atoms with Gasteiger partial charge in [-0.05, 0) is 18.6 Å². The van der Waals surface area contributed by atoms with Crippen LogP contribution in [0.3, 0.4) is 0 Å². The van der Waals surface area contributed by atoms with Crippen molar-refractivity contribution in [3.8, 4) is 0 Å². The van der Waals surface area contributed by atoms with E-state index in [0.29, 0.717) is 13.0 Å². The van der Waals surface area contributed by atoms with Crippen molar-refractivity contribution in [1.29, 1.82) is 0 Å². The predicted octanol–water partition coefficient (Wildman–Crippen LogP) is 1.52. The third-order valence-electron chi connectivity index (χ3n) is 3.39. The van der Waals surface area contributed by atoms with Gasteiger partial charge in [-0.3, -0.25) is 9.48 Å². The lowest BCUT2D eigenvalue weighted by Gasteiger charge is -2.22. The van der Waals surface area contributed by atoms with Gasteiger partial charge in [0.05, 0.1) is 17.9 Å². The third kappa shape index (κ3) is 2.64. The molecule has 6 heteroatoms. The topological polar surface area (TPSA) is 63.1 Å². The zero-order valence-electron chi connectivity index (χ0n) is 11.2. The number of rotatable bonds is 3. The number of amides is 1. The van der Waals surface area contributed by atoms with E-state index in [4.69, 9.17) is 0 Å². The summed E-state index contributed by atoms with van der Waals surface area (Å²) >= 11 is 0. The van der Waals surface area contributed by atoms with Gasteiger partial charge in [-0.15, -0.1) is 0 Å². The van der Waals surface area contributed by atoms with Gasteiger partial charge in [-0.25, -0.2) is 4.98 Å². The van der Waals surface area contributed by atoms with Crippen molar-refractivity contribution in [3.05, 3.63) is 36.9 Å². The average molecular weight is 271 g/mol. The maximum absolute atomic E-state index is 12.4. The molecule has 0 unspecified atom stereocenters. The fraction of sp³-hybridized carbons (Fsp3) is 0.357. The zero-order valence-corrected chi connectivity index (χ0v) is 11.2. The van der Waals surface area contributed by atoms with Crippen molar-refractivity contribution in [2.45, 2.75) is 19.4 Å². The molecule has 1 aliphatic rings. The molecule has 1 N–H and O–H groups in total. The van der Waals surface area contributed by atoms with Crippen molar-refractivity contribution in [2.24, 2.45) is 0 Å². The first-order valence-electron chi connectivity index (χ1n) is 6.80. The Balaban J connectivity index is 1.73. The van der Waals surface area contributed by atoms with E-state index in [1.807, 2.05) is 29.2 Å². The quantitative estimate of drug-likeness (QED) is 0.919. The maximum Gasteiger partial charge on any atom is 0.228 e. The predicted molar refractivity (Wildman–Crippen MR) is 76.5 cm³/mol. The van der Waals surface area contributed by atoms with Gasteiger partial charge in [0.25, 0.3) is 0 Å². The van der Waals surface area contributed by atoms with E-state index in [2.05, 4.69) is 15.4 Å². The zero-order chi connectivity index (χ0) is 13.8. The van der Waals surface area contributed by atoms with E-state index < -0.39 is 0 Å². The van der Waals surface area contributed by atoms with Gasteiger partial charge >= 0.3 is 0 Å². The minimum atomic E-state index is 0.122. The molecule has 1 aromatic carbocycles. The van der Waals surface area contributed by atoms with Crippen molar-refractivity contribution < 1.29 is 4.79 Å². The summed E-state index contributed by atoms with van der Waals surface area (Å²) in [7, 11) is 0. The van der Waals surface area contributed by atoms with E-state index >= 15 is 0 Å². The second-order valence-corrected chi connectivity index (χ2v) is 4.75. The Morgan fingerprint density at radius 3 is 3.10 bits per heavy atom. The van der Waals surface area contributed by atoms with Gasteiger partial charge in [-0.2, -0.15) is 5.10 Å². The molecule has 2 heterocycles. The number of carbonyl (C=O) groups is 1. The highest BCUT2D eigenvalue weighted by Crippen LogP contribution is 2.28. The van der Waals surface area contributed by atoms with E-state index in [1.165, 1.54) is 6.33 Å². The standard InChI is InChI=1S/C14H17N5O/c20-14(6-9-18-11-15-10-17-18)19-8-3-7-16-12-4-1-2-5-13(12)19/h1-2,4-5,10-11,16H,3,6-9H2. The SMILES string of the molecule is O=C(CCn1cncn1)N1CCCNc2ccccc21. The minimum absolute atomic E-state index is 0.122. The molecule has 0 saturated carbocycles. The molecule has 0 saturated heterocycles. The molecule has 0 bridgehead atoms. The van der Waals surface area contributed by atoms with E-state index in [0.717, 1.165) is 30.9 Å². The maximum atomic E-state index is 12.4. The normalized spacial score (nSPS) is 14.3. The first-order valence-corrected chi connectivity index (χ1v) is 6.80. The minimum Gasteiger partial charge on any atom is -0.383 e. The molecule has 1 aliphatic heterocycles. The average Bonchev–Trinajstić information content (AvgIpc) is 2.90. The monoisotopic (exact) mass is 271 g/mol. The fourth-order valence-corrected chi connectivity index (χ4v) is 2.39. The highest BCUT2D eigenvalue weighted by atomic mass is 16.2. The van der Waals surface area contributed by atoms with Crippen molar-refractivity contribution in [1.82, 2.24) is 14.8 Å². The summed E-state index contributed by atoms with van der Waals surface area (Å²) in [5.74, 6) is 0.122. The fourth-order valence-electron chi connectivity index (χ4n) is 2.39. The number of carbonyl (C=O) groups excluding carboxylic acids is 1. The van der Waals surface area contributed by atoms with Crippen LogP contribution in [0.5, 0.6) is 0 Å². The molecule has 6 nitrogen and oxygen atoms in total. The molecule has 20 heavy (non-hydrogen) atoms. The Morgan fingerprint density at radius 2 is 2.25 bits per heavy atom. The van der Waals surface area contributed by atoms with Crippen molar-refractivity contribution in [3.63, 3.8) is 0 Å². The third-order valence-corrected chi connectivity index (χ3v) is 3.39. The first-order chi connectivity index (χ1) is 9.84. The smallest absolute Gasteiger partial charge is 0.228 e. The van der Waals surface area contributed by atoms with E-state index in [-0.39, 0.29) is 5.91 Å². The summed E-state index contributed by atoms with van der Waals surface area (Å²) in [5, 5.41) is 7.38. The summed E-state index contributed by atoms with van der Waals surface area (Å²) in [6, 6.07) is 7.94. The van der Waals surface area contributed by atoms with Gasteiger partial charge in [0.1, 0.15) is 12.7 Å². The van der Waals surface area contributed by atoms with Crippen molar-refractivity contribution in [2.75, 3.05) is 23.3 Å². The Hall–Kier alpha value is -2.37. The summed E-state index contributed by atoms with van der Waals surface area (Å²) in [5.41, 5.74) is 1.99. The molecule has 1 aromatic heterocycles. The van der Waals surface area contributed by atoms with Crippen LogP contribution in [0.4, 0.5) is 11.4 Å². The molecule has 0 radical (unpaired) electrons. The van der Waals surface area contributed by atoms with Gasteiger partial charge in [0, 0.05) is 19.5 Å². The number of hydrogen-bond donors (Lipinski definition) is 1. The highest BCUT2D eigenvalue weighted by Gasteiger charge is 2.20. The van der Waals surface area contributed by atoms with E-state index in [9.17, 15) is 4.79 Å². The lowest BCUT2D eigenvalue weighted by atomic mass is 10.2. The molecule has 1 amide bonds. The van der Waals surface area contributed by atoms with Gasteiger partial charge in [0.2, 0.25) is 5.91 Å². The second kappa shape index (κ2) is 5.73. The summed E-state index contributed by atoms with van der Waals surface area (Å²) < 4.78 is 1.68. The molecule has 0 fully saturated rings. The van der Waals surface area contributed by atoms with Crippen LogP contribution in [0.1, 0.15) is 12.8 Å². The molecule has 0 spiro atoms. The molecule has 104 valence electrons. The van der Waals surface area contributed by atoms with Crippen LogP contribution in [0.25, 0.3) is 0 Å².